The first-order chi connectivity index (χ1) is 5.45. The fraction of sp³-hybridized carbons (Fsp3) is 0.833. The molecular formula is C6H8ClF2NO2. The smallest absolute Gasteiger partial charge is 0.396 e. The Bertz CT molecular complexity index is 194. The van der Waals surface area contributed by atoms with Gasteiger partial charge >= 0.3 is 11.3 Å². The second-order valence-corrected chi connectivity index (χ2v) is 3.23. The highest BCUT2D eigenvalue weighted by Crippen LogP contribution is 2.30. The summed E-state index contributed by atoms with van der Waals surface area (Å²) in [6.45, 7) is -0.0984. The predicted molar refractivity (Wildman–Crippen MR) is 37.9 cm³/mol. The number of rotatable bonds is 3. The van der Waals surface area contributed by atoms with Crippen molar-refractivity contribution < 1.29 is 18.7 Å². The summed E-state index contributed by atoms with van der Waals surface area (Å²) >= 11 is 4.44. The van der Waals surface area contributed by atoms with Crippen LogP contribution in [0.2, 0.25) is 0 Å². The highest BCUT2D eigenvalue weighted by molar-refractivity contribution is 6.32. The second-order valence-electron chi connectivity index (χ2n) is 2.76. The van der Waals surface area contributed by atoms with E-state index in [-0.39, 0.29) is 18.6 Å². The van der Waals surface area contributed by atoms with Crippen molar-refractivity contribution in [2.45, 2.75) is 17.8 Å². The molecule has 1 aliphatic carbocycles. The minimum atomic E-state index is -3.84. The molecule has 0 aromatic rings. The van der Waals surface area contributed by atoms with Crippen LogP contribution in [0.3, 0.4) is 0 Å². The maximum Gasteiger partial charge on any atom is 0.399 e. The van der Waals surface area contributed by atoms with Gasteiger partial charge in [-0.25, -0.2) is 0 Å². The van der Waals surface area contributed by atoms with Crippen LogP contribution in [0.25, 0.3) is 0 Å². The summed E-state index contributed by atoms with van der Waals surface area (Å²) in [6, 6.07) is -0.341. The maximum absolute atomic E-state index is 12.0. The molecule has 1 amide bonds. The number of carbonyl (C=O) groups excluding carboxylic acids is 1. The molecule has 2 unspecified atom stereocenters. The zero-order valence-corrected chi connectivity index (χ0v) is 6.81. The molecule has 3 nitrogen and oxygen atoms in total. The Morgan fingerprint density at radius 3 is 2.67 bits per heavy atom. The molecule has 0 aliphatic heterocycles. The summed E-state index contributed by atoms with van der Waals surface area (Å²) in [7, 11) is 0. The molecule has 0 heterocycles. The molecule has 0 saturated heterocycles. The Labute approximate surface area is 72.7 Å². The lowest BCUT2D eigenvalue weighted by Gasteiger charge is -2.07. The number of nitrogens with one attached hydrogen (secondary N) is 1. The summed E-state index contributed by atoms with van der Waals surface area (Å²) in [4.78, 5) is 10.5. The average Bonchev–Trinajstić information content (AvgIpc) is 2.65. The fourth-order valence-electron chi connectivity index (χ4n) is 0.876. The SMILES string of the molecule is O=C(NC1CC1CO)C(F)(F)Cl. The van der Waals surface area contributed by atoms with Crippen molar-refractivity contribution in [1.29, 1.82) is 0 Å². The van der Waals surface area contributed by atoms with Crippen LogP contribution >= 0.6 is 11.6 Å². The highest BCUT2D eigenvalue weighted by atomic mass is 35.5. The number of alkyl halides is 3. The number of aliphatic hydroxyl groups excluding tert-OH is 1. The van der Waals surface area contributed by atoms with Crippen molar-refractivity contribution in [3.8, 4) is 0 Å². The van der Waals surface area contributed by atoms with Gasteiger partial charge in [0.1, 0.15) is 0 Å². The summed E-state index contributed by atoms with van der Waals surface area (Å²) < 4.78 is 24.1. The van der Waals surface area contributed by atoms with Gasteiger partial charge in [0.05, 0.1) is 0 Å². The molecule has 12 heavy (non-hydrogen) atoms. The van der Waals surface area contributed by atoms with Crippen molar-refractivity contribution in [1.82, 2.24) is 5.32 Å². The second kappa shape index (κ2) is 3.14. The maximum atomic E-state index is 12.0. The van der Waals surface area contributed by atoms with E-state index in [4.69, 9.17) is 5.11 Å². The van der Waals surface area contributed by atoms with E-state index in [0.29, 0.717) is 6.42 Å². The zero-order valence-electron chi connectivity index (χ0n) is 6.06. The van der Waals surface area contributed by atoms with E-state index in [2.05, 4.69) is 11.6 Å². The lowest BCUT2D eigenvalue weighted by Crippen LogP contribution is -2.38. The van der Waals surface area contributed by atoms with Crippen molar-refractivity contribution in [2.24, 2.45) is 5.92 Å². The quantitative estimate of drug-likeness (QED) is 0.643. The van der Waals surface area contributed by atoms with E-state index >= 15 is 0 Å². The first-order valence-corrected chi connectivity index (χ1v) is 3.81. The van der Waals surface area contributed by atoms with Gasteiger partial charge in [-0.3, -0.25) is 4.79 Å². The van der Waals surface area contributed by atoms with E-state index in [1.165, 1.54) is 0 Å². The van der Waals surface area contributed by atoms with Crippen LogP contribution in [0.4, 0.5) is 8.78 Å². The van der Waals surface area contributed by atoms with Gasteiger partial charge in [0.25, 0.3) is 0 Å². The van der Waals surface area contributed by atoms with Crippen molar-refractivity contribution >= 4 is 17.5 Å². The monoisotopic (exact) mass is 199 g/mol. The first-order valence-electron chi connectivity index (χ1n) is 3.43. The molecule has 0 spiro atoms. The van der Waals surface area contributed by atoms with Gasteiger partial charge in [-0.05, 0) is 18.0 Å². The van der Waals surface area contributed by atoms with Crippen LogP contribution in [-0.2, 0) is 4.79 Å². The fourth-order valence-corrected chi connectivity index (χ4v) is 0.931. The Morgan fingerprint density at radius 1 is 1.75 bits per heavy atom. The van der Waals surface area contributed by atoms with Crippen LogP contribution < -0.4 is 5.32 Å². The van der Waals surface area contributed by atoms with Gasteiger partial charge in [-0.1, -0.05) is 0 Å². The van der Waals surface area contributed by atoms with Crippen molar-refractivity contribution in [3.63, 3.8) is 0 Å². The third kappa shape index (κ3) is 2.28. The summed E-state index contributed by atoms with van der Waals surface area (Å²) in [5.41, 5.74) is 0. The van der Waals surface area contributed by atoms with E-state index in [1.54, 1.807) is 0 Å². The Hall–Kier alpha value is -0.420. The number of amides is 1. The van der Waals surface area contributed by atoms with Crippen LogP contribution in [0.15, 0.2) is 0 Å². The molecule has 1 saturated carbocycles. The van der Waals surface area contributed by atoms with Gasteiger partial charge in [0.15, 0.2) is 0 Å². The normalized spacial score (nSPS) is 28.3. The molecule has 2 N–H and O–H groups in total. The number of carbonyl (C=O) groups is 1. The lowest BCUT2D eigenvalue weighted by atomic mass is 10.4. The summed E-state index contributed by atoms with van der Waals surface area (Å²) in [5, 5.41) is 6.69. The van der Waals surface area contributed by atoms with Gasteiger partial charge in [0.2, 0.25) is 0 Å². The van der Waals surface area contributed by atoms with Gasteiger partial charge < -0.3 is 10.4 Å². The number of hydrogen-bond acceptors (Lipinski definition) is 2. The van der Waals surface area contributed by atoms with Crippen LogP contribution in [0.5, 0.6) is 0 Å². The van der Waals surface area contributed by atoms with Gasteiger partial charge in [0, 0.05) is 18.6 Å². The van der Waals surface area contributed by atoms with E-state index in [9.17, 15) is 13.6 Å². The topological polar surface area (TPSA) is 49.3 Å². The molecule has 2 atom stereocenters. The van der Waals surface area contributed by atoms with Crippen LogP contribution in [0, 0.1) is 5.92 Å². The third-order valence-electron chi connectivity index (χ3n) is 1.73. The minimum absolute atomic E-state index is 0.0898. The Morgan fingerprint density at radius 2 is 2.33 bits per heavy atom. The standard InChI is InChI=1S/C6H8ClF2NO2/c7-6(8,9)5(12)10-4-1-3(4)2-11/h3-4,11H,1-2H2,(H,10,12). The summed E-state index contributed by atoms with van der Waals surface area (Å²) in [5.74, 6) is -1.59. The van der Waals surface area contributed by atoms with E-state index < -0.39 is 11.3 Å². The first kappa shape index (κ1) is 9.67. The predicted octanol–water partition coefficient (Wildman–Crippen LogP) is 0.315. The number of hydrogen-bond donors (Lipinski definition) is 2. The Balaban J connectivity index is 2.30. The van der Waals surface area contributed by atoms with Gasteiger partial charge in [-0.15, -0.1) is 0 Å². The largest absolute Gasteiger partial charge is 0.399 e. The highest BCUT2D eigenvalue weighted by Gasteiger charge is 2.43. The van der Waals surface area contributed by atoms with E-state index in [0.717, 1.165) is 0 Å². The molecule has 0 bridgehead atoms. The summed E-state index contributed by atoms with van der Waals surface area (Å²) in [6.07, 6.45) is 0.537. The minimum Gasteiger partial charge on any atom is -0.396 e. The third-order valence-corrected chi connectivity index (χ3v) is 1.90. The molecule has 70 valence electrons. The Kier molecular flexibility index (Phi) is 2.53. The zero-order chi connectivity index (χ0) is 9.35. The van der Waals surface area contributed by atoms with Crippen LogP contribution in [-0.4, -0.2) is 29.0 Å². The van der Waals surface area contributed by atoms with Crippen LogP contribution in [0.1, 0.15) is 6.42 Å². The van der Waals surface area contributed by atoms with Crippen molar-refractivity contribution in [3.05, 3.63) is 0 Å². The molecule has 0 aromatic carbocycles. The van der Waals surface area contributed by atoms with Crippen molar-refractivity contribution in [2.75, 3.05) is 6.61 Å². The molecule has 1 rings (SSSR count). The molecule has 6 heteroatoms. The number of aliphatic hydroxyl groups is 1. The lowest BCUT2D eigenvalue weighted by molar-refractivity contribution is -0.135. The number of halogens is 3. The molecule has 1 fully saturated rings. The van der Waals surface area contributed by atoms with E-state index in [1.807, 2.05) is 5.32 Å². The average molecular weight is 200 g/mol. The molecular weight excluding hydrogens is 192 g/mol. The molecule has 0 aromatic heterocycles. The molecule has 1 aliphatic rings. The van der Waals surface area contributed by atoms with Gasteiger partial charge in [-0.2, -0.15) is 8.78 Å². The molecule has 0 radical (unpaired) electrons.